The van der Waals surface area contributed by atoms with E-state index in [-0.39, 0.29) is 0 Å². The van der Waals surface area contributed by atoms with Crippen LogP contribution in [0.3, 0.4) is 0 Å². The molecule has 0 atom stereocenters. The first-order valence-corrected chi connectivity index (χ1v) is 9.35. The van der Waals surface area contributed by atoms with Gasteiger partial charge in [-0.1, -0.05) is 40.2 Å². The second kappa shape index (κ2) is 9.21. The molecule has 3 nitrogen and oxygen atoms in total. The van der Waals surface area contributed by atoms with Crippen molar-refractivity contribution < 1.29 is 9.47 Å². The zero-order valence-corrected chi connectivity index (χ0v) is 15.5. The molecule has 128 valence electrons. The fourth-order valence-corrected chi connectivity index (χ4v) is 3.10. The Morgan fingerprint density at radius 3 is 2.29 bits per heavy atom. The third-order valence-corrected chi connectivity index (χ3v) is 4.81. The highest BCUT2D eigenvalue weighted by molar-refractivity contribution is 9.10. The monoisotopic (exact) mass is 389 g/mol. The van der Waals surface area contributed by atoms with Gasteiger partial charge in [0.05, 0.1) is 13.2 Å². The van der Waals surface area contributed by atoms with Crippen molar-refractivity contribution in [2.75, 3.05) is 32.8 Å². The van der Waals surface area contributed by atoms with Crippen LogP contribution in [0.1, 0.15) is 17.5 Å². The summed E-state index contributed by atoms with van der Waals surface area (Å²) in [4.78, 5) is 2.49. The number of morpholine rings is 1. The molecule has 0 aliphatic carbocycles. The molecule has 1 heterocycles. The van der Waals surface area contributed by atoms with E-state index in [2.05, 4.69) is 57.2 Å². The molecular formula is C20H24BrNO2. The molecule has 1 aliphatic heterocycles. The van der Waals surface area contributed by atoms with Crippen molar-refractivity contribution in [3.05, 3.63) is 64.1 Å². The number of benzene rings is 2. The summed E-state index contributed by atoms with van der Waals surface area (Å²) in [5.41, 5.74) is 2.55. The van der Waals surface area contributed by atoms with Crippen LogP contribution < -0.4 is 4.74 Å². The maximum atomic E-state index is 5.85. The van der Waals surface area contributed by atoms with Crippen LogP contribution in [-0.4, -0.2) is 37.7 Å². The van der Waals surface area contributed by atoms with Crippen LogP contribution in [-0.2, 0) is 17.8 Å². The van der Waals surface area contributed by atoms with E-state index in [1.54, 1.807) is 0 Å². The fraction of sp³-hybridized carbons (Fsp3) is 0.400. The second-order valence-electron chi connectivity index (χ2n) is 6.12. The Kier molecular flexibility index (Phi) is 6.70. The van der Waals surface area contributed by atoms with Crippen LogP contribution in [0.5, 0.6) is 5.75 Å². The molecule has 2 aromatic rings. The summed E-state index contributed by atoms with van der Waals surface area (Å²) in [6.45, 7) is 5.66. The molecule has 0 radical (unpaired) electrons. The molecule has 0 saturated carbocycles. The highest BCUT2D eigenvalue weighted by atomic mass is 79.9. The van der Waals surface area contributed by atoms with E-state index >= 15 is 0 Å². The highest BCUT2D eigenvalue weighted by Gasteiger charge is 2.09. The summed E-state index contributed by atoms with van der Waals surface area (Å²) in [5.74, 6) is 0.926. The number of aryl methyl sites for hydroxylation is 1. The van der Waals surface area contributed by atoms with Gasteiger partial charge in [-0.2, -0.15) is 0 Å². The Morgan fingerprint density at radius 2 is 1.58 bits per heavy atom. The van der Waals surface area contributed by atoms with Gasteiger partial charge in [0.15, 0.2) is 0 Å². The predicted molar refractivity (Wildman–Crippen MR) is 100 cm³/mol. The van der Waals surface area contributed by atoms with E-state index in [0.717, 1.165) is 49.5 Å². The highest BCUT2D eigenvalue weighted by Crippen LogP contribution is 2.17. The zero-order chi connectivity index (χ0) is 16.6. The molecule has 0 N–H and O–H groups in total. The Labute approximate surface area is 152 Å². The molecule has 4 heteroatoms. The Morgan fingerprint density at radius 1 is 0.917 bits per heavy atom. The maximum absolute atomic E-state index is 5.85. The molecule has 3 rings (SSSR count). The number of rotatable bonds is 7. The van der Waals surface area contributed by atoms with E-state index in [1.807, 2.05) is 12.1 Å². The van der Waals surface area contributed by atoms with E-state index in [9.17, 15) is 0 Å². The minimum absolute atomic E-state index is 0.601. The first-order chi connectivity index (χ1) is 11.8. The summed E-state index contributed by atoms with van der Waals surface area (Å²) in [6.07, 6.45) is 2.31. The van der Waals surface area contributed by atoms with E-state index in [0.29, 0.717) is 6.61 Å². The van der Waals surface area contributed by atoms with Crippen molar-refractivity contribution >= 4 is 15.9 Å². The van der Waals surface area contributed by atoms with Crippen LogP contribution in [0.15, 0.2) is 53.0 Å². The van der Waals surface area contributed by atoms with Crippen molar-refractivity contribution in [2.24, 2.45) is 0 Å². The van der Waals surface area contributed by atoms with Gasteiger partial charge in [0, 0.05) is 17.6 Å². The molecule has 0 unspecified atom stereocenters. The lowest BCUT2D eigenvalue weighted by atomic mass is 10.1. The van der Waals surface area contributed by atoms with Gasteiger partial charge in [0.25, 0.3) is 0 Å². The smallest absolute Gasteiger partial charge is 0.119 e. The van der Waals surface area contributed by atoms with Crippen molar-refractivity contribution in [3.63, 3.8) is 0 Å². The summed E-state index contributed by atoms with van der Waals surface area (Å²) in [6, 6.07) is 16.7. The fourth-order valence-electron chi connectivity index (χ4n) is 2.83. The average molecular weight is 390 g/mol. The molecule has 0 amide bonds. The number of hydrogen-bond donors (Lipinski definition) is 0. The largest absolute Gasteiger partial charge is 0.489 e. The molecule has 24 heavy (non-hydrogen) atoms. The lowest BCUT2D eigenvalue weighted by Crippen LogP contribution is -2.36. The van der Waals surface area contributed by atoms with Crippen molar-refractivity contribution in [3.8, 4) is 5.75 Å². The molecule has 0 spiro atoms. The van der Waals surface area contributed by atoms with E-state index in [1.165, 1.54) is 17.5 Å². The number of hydrogen-bond acceptors (Lipinski definition) is 3. The molecule has 0 bridgehead atoms. The molecule has 1 saturated heterocycles. The van der Waals surface area contributed by atoms with Gasteiger partial charge in [0.2, 0.25) is 0 Å². The summed E-state index contributed by atoms with van der Waals surface area (Å²) < 4.78 is 12.3. The van der Waals surface area contributed by atoms with Gasteiger partial charge in [-0.15, -0.1) is 0 Å². The third kappa shape index (κ3) is 5.62. The Hall–Kier alpha value is -1.36. The summed E-state index contributed by atoms with van der Waals surface area (Å²) >= 11 is 3.45. The SMILES string of the molecule is Brc1ccc(COc2ccc(CCCN3CCOCC3)cc2)cc1. The summed E-state index contributed by atoms with van der Waals surface area (Å²) in [7, 11) is 0. The minimum Gasteiger partial charge on any atom is -0.489 e. The molecule has 1 fully saturated rings. The number of ether oxygens (including phenoxy) is 2. The van der Waals surface area contributed by atoms with Gasteiger partial charge in [0.1, 0.15) is 12.4 Å². The van der Waals surface area contributed by atoms with Crippen molar-refractivity contribution in [1.82, 2.24) is 4.90 Å². The van der Waals surface area contributed by atoms with Gasteiger partial charge >= 0.3 is 0 Å². The first-order valence-electron chi connectivity index (χ1n) is 8.56. The Bertz CT molecular complexity index is 607. The number of nitrogens with zero attached hydrogens (tertiary/aromatic N) is 1. The minimum atomic E-state index is 0.601. The third-order valence-electron chi connectivity index (χ3n) is 4.29. The number of halogens is 1. The van der Waals surface area contributed by atoms with E-state index in [4.69, 9.17) is 9.47 Å². The van der Waals surface area contributed by atoms with Gasteiger partial charge in [-0.3, -0.25) is 4.90 Å². The molecule has 0 aromatic heterocycles. The molecule has 2 aromatic carbocycles. The second-order valence-corrected chi connectivity index (χ2v) is 7.03. The maximum Gasteiger partial charge on any atom is 0.119 e. The average Bonchev–Trinajstić information content (AvgIpc) is 2.63. The van der Waals surface area contributed by atoms with Gasteiger partial charge in [-0.25, -0.2) is 0 Å². The molecular weight excluding hydrogens is 366 g/mol. The van der Waals surface area contributed by atoms with Crippen LogP contribution in [0, 0.1) is 0 Å². The molecule has 1 aliphatic rings. The van der Waals surface area contributed by atoms with Crippen LogP contribution >= 0.6 is 15.9 Å². The predicted octanol–water partition coefficient (Wildman–Crippen LogP) is 4.29. The first kappa shape index (κ1) is 17.5. The van der Waals surface area contributed by atoms with Crippen LogP contribution in [0.4, 0.5) is 0 Å². The van der Waals surface area contributed by atoms with Crippen molar-refractivity contribution in [2.45, 2.75) is 19.4 Å². The van der Waals surface area contributed by atoms with Crippen LogP contribution in [0.2, 0.25) is 0 Å². The lowest BCUT2D eigenvalue weighted by molar-refractivity contribution is 0.0374. The van der Waals surface area contributed by atoms with E-state index < -0.39 is 0 Å². The van der Waals surface area contributed by atoms with Crippen molar-refractivity contribution in [1.29, 1.82) is 0 Å². The zero-order valence-electron chi connectivity index (χ0n) is 13.9. The van der Waals surface area contributed by atoms with Crippen LogP contribution in [0.25, 0.3) is 0 Å². The topological polar surface area (TPSA) is 21.7 Å². The normalized spacial score (nSPS) is 15.4. The standard InChI is InChI=1S/C20H24BrNO2/c21-19-7-3-18(4-8-19)16-24-20-9-5-17(6-10-20)2-1-11-22-12-14-23-15-13-22/h3-10H,1-2,11-16H2. The van der Waals surface area contributed by atoms with Gasteiger partial charge < -0.3 is 9.47 Å². The summed E-state index contributed by atoms with van der Waals surface area (Å²) in [5, 5.41) is 0. The quantitative estimate of drug-likeness (QED) is 0.704. The Balaban J connectivity index is 1.40. The van der Waals surface area contributed by atoms with Gasteiger partial charge in [-0.05, 0) is 54.8 Å². The lowest BCUT2D eigenvalue weighted by Gasteiger charge is -2.26.